The maximum Gasteiger partial charge on any atom is 0.328 e. The number of nitrogens with one attached hydrogen (secondary N) is 1. The third-order valence-electron chi connectivity index (χ3n) is 3.02. The molecule has 1 aromatic heterocycles. The van der Waals surface area contributed by atoms with Crippen LogP contribution in [-0.2, 0) is 20.9 Å². The number of hydrogen-bond donors (Lipinski definition) is 1. The second-order valence-electron chi connectivity index (χ2n) is 5.38. The summed E-state index contributed by atoms with van der Waals surface area (Å²) in [5.74, 6) is -1.05. The summed E-state index contributed by atoms with van der Waals surface area (Å²) in [5, 5.41) is 13.2. The van der Waals surface area contributed by atoms with Crippen LogP contribution in [-0.4, -0.2) is 34.5 Å². The molecule has 0 aliphatic rings. The highest BCUT2D eigenvalue weighted by Gasteiger charge is 2.23. The second-order valence-corrected chi connectivity index (χ2v) is 5.38. The molecule has 0 spiro atoms. The SMILES string of the molecule is COC(=O)[C@@H](CC(C)C)NC(=O)Cn1cc([N+](=O)[O-])ccc1=O. The highest BCUT2D eigenvalue weighted by molar-refractivity contribution is 5.84. The minimum absolute atomic E-state index is 0.139. The number of esters is 1. The summed E-state index contributed by atoms with van der Waals surface area (Å²) in [7, 11) is 1.22. The van der Waals surface area contributed by atoms with Crippen LogP contribution in [0.5, 0.6) is 0 Å². The zero-order valence-electron chi connectivity index (χ0n) is 13.1. The molecule has 1 rings (SSSR count). The van der Waals surface area contributed by atoms with Crippen LogP contribution in [0.4, 0.5) is 5.69 Å². The van der Waals surface area contributed by atoms with Crippen LogP contribution >= 0.6 is 0 Å². The molecule has 0 unspecified atom stereocenters. The maximum absolute atomic E-state index is 12.0. The first kappa shape index (κ1) is 18.3. The van der Waals surface area contributed by atoms with Crippen molar-refractivity contribution in [2.24, 2.45) is 5.92 Å². The average Bonchev–Trinajstić information content (AvgIpc) is 2.47. The van der Waals surface area contributed by atoms with E-state index >= 15 is 0 Å². The van der Waals surface area contributed by atoms with E-state index in [1.807, 2.05) is 13.8 Å². The molecule has 23 heavy (non-hydrogen) atoms. The van der Waals surface area contributed by atoms with Gasteiger partial charge in [-0.15, -0.1) is 0 Å². The summed E-state index contributed by atoms with van der Waals surface area (Å²) < 4.78 is 5.54. The number of pyridine rings is 1. The Labute approximate surface area is 132 Å². The summed E-state index contributed by atoms with van der Waals surface area (Å²) in [6.45, 7) is 3.34. The van der Waals surface area contributed by atoms with Gasteiger partial charge in [-0.2, -0.15) is 0 Å². The molecule has 0 aliphatic heterocycles. The first-order valence-electron chi connectivity index (χ1n) is 6.96. The number of ether oxygens (including phenoxy) is 1. The van der Waals surface area contributed by atoms with Crippen molar-refractivity contribution in [3.05, 3.63) is 38.8 Å². The molecule has 0 bridgehead atoms. The lowest BCUT2D eigenvalue weighted by molar-refractivity contribution is -0.385. The lowest BCUT2D eigenvalue weighted by Crippen LogP contribution is -2.44. The fourth-order valence-electron chi connectivity index (χ4n) is 1.97. The van der Waals surface area contributed by atoms with Crippen LogP contribution in [0, 0.1) is 16.0 Å². The molecular weight excluding hydrogens is 306 g/mol. The average molecular weight is 325 g/mol. The number of hydrogen-bond acceptors (Lipinski definition) is 6. The van der Waals surface area contributed by atoms with E-state index < -0.39 is 34.9 Å². The minimum Gasteiger partial charge on any atom is -0.467 e. The molecule has 1 N–H and O–H groups in total. The van der Waals surface area contributed by atoms with Crippen molar-refractivity contribution < 1.29 is 19.2 Å². The quantitative estimate of drug-likeness (QED) is 0.442. The van der Waals surface area contributed by atoms with Crippen molar-refractivity contribution >= 4 is 17.6 Å². The van der Waals surface area contributed by atoms with Gasteiger partial charge in [0.1, 0.15) is 12.6 Å². The number of rotatable bonds is 7. The Morgan fingerprint density at radius 1 is 1.39 bits per heavy atom. The fourth-order valence-corrected chi connectivity index (χ4v) is 1.97. The van der Waals surface area contributed by atoms with Gasteiger partial charge in [0.05, 0.1) is 18.2 Å². The van der Waals surface area contributed by atoms with Crippen molar-refractivity contribution in [1.82, 2.24) is 9.88 Å². The summed E-state index contributed by atoms with van der Waals surface area (Å²) in [4.78, 5) is 45.4. The van der Waals surface area contributed by atoms with Crippen LogP contribution in [0.15, 0.2) is 23.1 Å². The highest BCUT2D eigenvalue weighted by atomic mass is 16.6. The largest absolute Gasteiger partial charge is 0.467 e. The van der Waals surface area contributed by atoms with E-state index in [9.17, 15) is 24.5 Å². The van der Waals surface area contributed by atoms with Gasteiger partial charge in [0.25, 0.3) is 11.2 Å². The minimum atomic E-state index is -0.832. The van der Waals surface area contributed by atoms with E-state index in [-0.39, 0.29) is 11.6 Å². The topological polar surface area (TPSA) is 121 Å². The van der Waals surface area contributed by atoms with Gasteiger partial charge < -0.3 is 10.1 Å². The molecule has 0 aromatic carbocycles. The zero-order valence-corrected chi connectivity index (χ0v) is 13.1. The third-order valence-corrected chi connectivity index (χ3v) is 3.02. The molecule has 1 aromatic rings. The molecule has 9 heteroatoms. The van der Waals surface area contributed by atoms with Crippen molar-refractivity contribution in [2.75, 3.05) is 7.11 Å². The van der Waals surface area contributed by atoms with E-state index in [1.54, 1.807) is 0 Å². The predicted molar refractivity (Wildman–Crippen MR) is 80.8 cm³/mol. The molecule has 0 saturated carbocycles. The van der Waals surface area contributed by atoms with Gasteiger partial charge in [0, 0.05) is 12.1 Å². The van der Waals surface area contributed by atoms with Gasteiger partial charge in [-0.05, 0) is 12.3 Å². The second kappa shape index (κ2) is 8.06. The smallest absolute Gasteiger partial charge is 0.328 e. The Kier molecular flexibility index (Phi) is 6.43. The molecule has 1 amide bonds. The Bertz CT molecular complexity index is 652. The van der Waals surface area contributed by atoms with Crippen molar-refractivity contribution in [3.63, 3.8) is 0 Å². The van der Waals surface area contributed by atoms with Crippen LogP contribution < -0.4 is 10.9 Å². The predicted octanol–water partition coefficient (Wildman–Crippen LogP) is 0.460. The number of aromatic nitrogens is 1. The van der Waals surface area contributed by atoms with E-state index in [1.165, 1.54) is 7.11 Å². The highest BCUT2D eigenvalue weighted by Crippen LogP contribution is 2.08. The van der Waals surface area contributed by atoms with Gasteiger partial charge in [-0.3, -0.25) is 24.3 Å². The lowest BCUT2D eigenvalue weighted by Gasteiger charge is -2.18. The van der Waals surface area contributed by atoms with Crippen LogP contribution in [0.1, 0.15) is 20.3 Å². The van der Waals surface area contributed by atoms with E-state index in [4.69, 9.17) is 0 Å². The zero-order chi connectivity index (χ0) is 17.6. The number of nitrogens with zero attached hydrogens (tertiary/aromatic N) is 2. The van der Waals surface area contributed by atoms with Crippen molar-refractivity contribution in [3.8, 4) is 0 Å². The number of amides is 1. The number of carbonyl (C=O) groups excluding carboxylic acids is 2. The molecular formula is C14H19N3O6. The molecule has 1 atom stereocenters. The summed E-state index contributed by atoms with van der Waals surface area (Å²) in [6, 6.07) is 1.24. The number of carbonyl (C=O) groups is 2. The molecule has 0 saturated heterocycles. The van der Waals surface area contributed by atoms with Crippen molar-refractivity contribution in [1.29, 1.82) is 0 Å². The summed E-state index contributed by atoms with van der Waals surface area (Å²) in [6.07, 6.45) is 1.36. The molecule has 0 radical (unpaired) electrons. The molecule has 126 valence electrons. The Morgan fingerprint density at radius 2 is 2.04 bits per heavy atom. The fraction of sp³-hybridized carbons (Fsp3) is 0.500. The van der Waals surface area contributed by atoms with Crippen LogP contribution in [0.3, 0.4) is 0 Å². The summed E-state index contributed by atoms with van der Waals surface area (Å²) >= 11 is 0. The Hall–Kier alpha value is -2.71. The van der Waals surface area contributed by atoms with Gasteiger partial charge >= 0.3 is 5.97 Å². The first-order valence-corrected chi connectivity index (χ1v) is 6.96. The third kappa shape index (κ3) is 5.53. The molecule has 9 nitrogen and oxygen atoms in total. The molecule has 1 heterocycles. The Balaban J connectivity index is 2.86. The molecule has 0 aliphatic carbocycles. The summed E-state index contributed by atoms with van der Waals surface area (Å²) in [5.41, 5.74) is -0.853. The Morgan fingerprint density at radius 3 is 2.57 bits per heavy atom. The van der Waals surface area contributed by atoms with Crippen LogP contribution in [0.2, 0.25) is 0 Å². The first-order chi connectivity index (χ1) is 10.7. The molecule has 0 fully saturated rings. The monoisotopic (exact) mass is 325 g/mol. The normalized spacial score (nSPS) is 11.8. The van der Waals surface area contributed by atoms with E-state index in [2.05, 4.69) is 10.1 Å². The van der Waals surface area contributed by atoms with Gasteiger partial charge in [0.2, 0.25) is 5.91 Å². The number of nitro groups is 1. The van der Waals surface area contributed by atoms with Gasteiger partial charge in [-0.1, -0.05) is 13.8 Å². The van der Waals surface area contributed by atoms with Gasteiger partial charge in [0.15, 0.2) is 0 Å². The maximum atomic E-state index is 12.0. The van der Waals surface area contributed by atoms with E-state index in [0.29, 0.717) is 6.42 Å². The van der Waals surface area contributed by atoms with E-state index in [0.717, 1.165) is 22.9 Å². The lowest BCUT2D eigenvalue weighted by atomic mass is 10.0. The van der Waals surface area contributed by atoms with Crippen molar-refractivity contribution in [2.45, 2.75) is 32.9 Å². The van der Waals surface area contributed by atoms with Gasteiger partial charge in [-0.25, -0.2) is 4.79 Å². The number of methoxy groups -OCH3 is 1. The van der Waals surface area contributed by atoms with Crippen LogP contribution in [0.25, 0.3) is 0 Å². The standard InChI is InChI=1S/C14H19N3O6/c1-9(2)6-11(14(20)23-3)15-12(18)8-16-7-10(17(21)22)4-5-13(16)19/h4-5,7,9,11H,6,8H2,1-3H3,(H,15,18)/t11-/m1/s1.